The minimum absolute atomic E-state index is 0.117. The highest BCUT2D eigenvalue weighted by Gasteiger charge is 2.42. The molecular formula is C20H24N2O4. The van der Waals surface area contributed by atoms with E-state index in [1.807, 2.05) is 13.0 Å². The first-order valence-corrected chi connectivity index (χ1v) is 9.13. The van der Waals surface area contributed by atoms with Gasteiger partial charge in [0, 0.05) is 6.04 Å². The Morgan fingerprint density at radius 3 is 2.62 bits per heavy atom. The Morgan fingerprint density at radius 2 is 2.00 bits per heavy atom. The second-order valence-electron chi connectivity index (χ2n) is 7.28. The predicted molar refractivity (Wildman–Crippen MR) is 94.2 cm³/mol. The molecule has 2 aliphatic rings. The van der Waals surface area contributed by atoms with E-state index in [2.05, 4.69) is 5.32 Å². The number of benzene rings is 1. The Labute approximate surface area is 153 Å². The van der Waals surface area contributed by atoms with Gasteiger partial charge in [0.1, 0.15) is 5.75 Å². The summed E-state index contributed by atoms with van der Waals surface area (Å²) in [5, 5.41) is 11.7. The van der Waals surface area contributed by atoms with Crippen molar-refractivity contribution >= 4 is 11.9 Å². The normalized spacial score (nSPS) is 24.5. The van der Waals surface area contributed by atoms with Gasteiger partial charge in [-0.2, -0.15) is 5.26 Å². The number of nitrogens with one attached hydrogen (secondary N) is 1. The topological polar surface area (TPSA) is 88.4 Å². The number of rotatable bonds is 7. The molecule has 0 aromatic heterocycles. The van der Waals surface area contributed by atoms with Crippen molar-refractivity contribution < 1.29 is 19.1 Å². The summed E-state index contributed by atoms with van der Waals surface area (Å²) in [5.41, 5.74) is 0.515. The molecular weight excluding hydrogens is 332 g/mol. The molecule has 2 fully saturated rings. The van der Waals surface area contributed by atoms with Crippen molar-refractivity contribution in [3.63, 3.8) is 0 Å². The van der Waals surface area contributed by atoms with Crippen LogP contribution in [0.15, 0.2) is 24.3 Å². The highest BCUT2D eigenvalue weighted by Crippen LogP contribution is 2.49. The molecule has 0 radical (unpaired) electrons. The summed E-state index contributed by atoms with van der Waals surface area (Å²) >= 11 is 0. The second kappa shape index (κ2) is 8.22. The zero-order chi connectivity index (χ0) is 18.5. The first kappa shape index (κ1) is 18.2. The van der Waals surface area contributed by atoms with Gasteiger partial charge in [0.05, 0.1) is 11.6 Å². The SMILES string of the molecule is C[C@@H](NC(=O)COC(=O)COc1ccc(C#N)cc1)[C@@H]1C[C@H]2CC[C@H]1C2. The molecule has 2 aliphatic carbocycles. The zero-order valence-corrected chi connectivity index (χ0v) is 14.9. The number of fused-ring (bicyclic) bond motifs is 2. The maximum absolute atomic E-state index is 12.0. The Morgan fingerprint density at radius 1 is 1.23 bits per heavy atom. The lowest BCUT2D eigenvalue weighted by molar-refractivity contribution is -0.150. The van der Waals surface area contributed by atoms with E-state index in [4.69, 9.17) is 14.7 Å². The van der Waals surface area contributed by atoms with E-state index in [0.29, 0.717) is 17.2 Å². The number of carbonyl (C=O) groups excluding carboxylic acids is 2. The molecule has 1 aromatic carbocycles. The number of nitrogens with zero attached hydrogens (tertiary/aromatic N) is 1. The number of ether oxygens (including phenoxy) is 2. The van der Waals surface area contributed by atoms with Crippen molar-refractivity contribution in [2.24, 2.45) is 17.8 Å². The van der Waals surface area contributed by atoms with Gasteiger partial charge in [0.15, 0.2) is 13.2 Å². The fraction of sp³-hybridized carbons (Fsp3) is 0.550. The maximum Gasteiger partial charge on any atom is 0.344 e. The summed E-state index contributed by atoms with van der Waals surface area (Å²) in [6.45, 7) is 1.47. The van der Waals surface area contributed by atoms with Crippen molar-refractivity contribution in [3.05, 3.63) is 29.8 Å². The largest absolute Gasteiger partial charge is 0.482 e. The quantitative estimate of drug-likeness (QED) is 0.758. The van der Waals surface area contributed by atoms with Crippen LogP contribution in [-0.4, -0.2) is 31.1 Å². The molecule has 2 saturated carbocycles. The molecule has 138 valence electrons. The highest BCUT2D eigenvalue weighted by atomic mass is 16.6. The van der Waals surface area contributed by atoms with Gasteiger partial charge in [0.25, 0.3) is 5.91 Å². The summed E-state index contributed by atoms with van der Waals surface area (Å²) in [5.74, 6) is 1.72. The molecule has 0 unspecified atom stereocenters. The van der Waals surface area contributed by atoms with E-state index >= 15 is 0 Å². The predicted octanol–water partition coefficient (Wildman–Crippen LogP) is 2.42. The van der Waals surface area contributed by atoms with Crippen molar-refractivity contribution in [1.82, 2.24) is 5.32 Å². The Balaban J connectivity index is 1.34. The first-order chi connectivity index (χ1) is 12.5. The van der Waals surface area contributed by atoms with E-state index in [9.17, 15) is 9.59 Å². The van der Waals surface area contributed by atoms with Crippen LogP contribution in [0.2, 0.25) is 0 Å². The molecule has 0 heterocycles. The van der Waals surface area contributed by atoms with Gasteiger partial charge < -0.3 is 14.8 Å². The molecule has 1 N–H and O–H groups in total. The lowest BCUT2D eigenvalue weighted by Gasteiger charge is -2.28. The van der Waals surface area contributed by atoms with Crippen LogP contribution in [0.3, 0.4) is 0 Å². The van der Waals surface area contributed by atoms with Crippen molar-refractivity contribution in [2.75, 3.05) is 13.2 Å². The van der Waals surface area contributed by atoms with Gasteiger partial charge in [-0.15, -0.1) is 0 Å². The minimum atomic E-state index is -0.600. The van der Waals surface area contributed by atoms with Crippen LogP contribution >= 0.6 is 0 Å². The molecule has 2 bridgehead atoms. The zero-order valence-electron chi connectivity index (χ0n) is 14.9. The number of hydrogen-bond donors (Lipinski definition) is 1. The molecule has 26 heavy (non-hydrogen) atoms. The van der Waals surface area contributed by atoms with E-state index in [1.165, 1.54) is 25.7 Å². The summed E-state index contributed by atoms with van der Waals surface area (Å²) in [7, 11) is 0. The first-order valence-electron chi connectivity index (χ1n) is 9.13. The van der Waals surface area contributed by atoms with Gasteiger partial charge in [-0.05, 0) is 68.2 Å². The lowest BCUT2D eigenvalue weighted by atomic mass is 9.84. The van der Waals surface area contributed by atoms with E-state index < -0.39 is 5.97 Å². The lowest BCUT2D eigenvalue weighted by Crippen LogP contribution is -2.42. The monoisotopic (exact) mass is 356 g/mol. The summed E-state index contributed by atoms with van der Waals surface area (Å²) in [6.07, 6.45) is 5.10. The summed E-state index contributed by atoms with van der Waals surface area (Å²) in [6, 6.07) is 8.54. The molecule has 0 saturated heterocycles. The molecule has 6 nitrogen and oxygen atoms in total. The Bertz CT molecular complexity index is 695. The molecule has 0 spiro atoms. The van der Waals surface area contributed by atoms with Crippen molar-refractivity contribution in [2.45, 2.75) is 38.6 Å². The van der Waals surface area contributed by atoms with Crippen molar-refractivity contribution in [1.29, 1.82) is 5.26 Å². The smallest absolute Gasteiger partial charge is 0.344 e. The average molecular weight is 356 g/mol. The van der Waals surface area contributed by atoms with Crippen LogP contribution in [0.5, 0.6) is 5.75 Å². The molecule has 3 rings (SSSR count). The summed E-state index contributed by atoms with van der Waals surface area (Å²) in [4.78, 5) is 23.7. The molecule has 4 atom stereocenters. The number of hydrogen-bond acceptors (Lipinski definition) is 5. The third-order valence-corrected chi connectivity index (χ3v) is 5.53. The van der Waals surface area contributed by atoms with E-state index in [-0.39, 0.29) is 25.2 Å². The van der Waals surface area contributed by atoms with Crippen LogP contribution in [-0.2, 0) is 14.3 Å². The third kappa shape index (κ3) is 4.54. The van der Waals surface area contributed by atoms with Crippen LogP contribution in [0.1, 0.15) is 38.2 Å². The van der Waals surface area contributed by atoms with Gasteiger partial charge in [-0.25, -0.2) is 4.79 Å². The molecule has 6 heteroatoms. The Hall–Kier alpha value is -2.55. The van der Waals surface area contributed by atoms with E-state index in [1.54, 1.807) is 24.3 Å². The standard InChI is InChI=1S/C20H24N2O4/c1-13(18-9-15-2-5-16(18)8-15)22-19(23)11-26-20(24)12-25-17-6-3-14(10-21)4-7-17/h3-4,6-7,13,15-16,18H,2,5,8-9,11-12H2,1H3,(H,22,23)/t13-,15+,16+,18+/m1/s1. The van der Waals surface area contributed by atoms with Gasteiger partial charge >= 0.3 is 5.97 Å². The Kier molecular flexibility index (Phi) is 5.77. The number of amides is 1. The number of carbonyl (C=O) groups is 2. The molecule has 1 amide bonds. The fourth-order valence-electron chi connectivity index (χ4n) is 4.26. The van der Waals surface area contributed by atoms with E-state index in [0.717, 1.165) is 11.8 Å². The van der Waals surface area contributed by atoms with Crippen LogP contribution in [0.25, 0.3) is 0 Å². The van der Waals surface area contributed by atoms with Gasteiger partial charge in [0.2, 0.25) is 0 Å². The van der Waals surface area contributed by atoms with Crippen molar-refractivity contribution in [3.8, 4) is 11.8 Å². The molecule has 0 aliphatic heterocycles. The van der Waals surface area contributed by atoms with Crippen LogP contribution < -0.4 is 10.1 Å². The maximum atomic E-state index is 12.0. The van der Waals surface area contributed by atoms with Crippen LogP contribution in [0.4, 0.5) is 0 Å². The summed E-state index contributed by atoms with van der Waals surface area (Å²) < 4.78 is 10.2. The highest BCUT2D eigenvalue weighted by molar-refractivity contribution is 5.81. The fourth-order valence-corrected chi connectivity index (χ4v) is 4.26. The van der Waals surface area contributed by atoms with Crippen LogP contribution in [0, 0.1) is 29.1 Å². The van der Waals surface area contributed by atoms with Gasteiger partial charge in [-0.1, -0.05) is 6.42 Å². The molecule has 1 aromatic rings. The average Bonchev–Trinajstić information content (AvgIpc) is 3.28. The third-order valence-electron chi connectivity index (χ3n) is 5.53. The minimum Gasteiger partial charge on any atom is -0.482 e. The number of nitriles is 1. The van der Waals surface area contributed by atoms with Gasteiger partial charge in [-0.3, -0.25) is 4.79 Å². The second-order valence-corrected chi connectivity index (χ2v) is 7.28. The number of esters is 1.